The number of rotatable bonds is 5. The molecule has 7 nitrogen and oxygen atoms in total. The van der Waals surface area contributed by atoms with Gasteiger partial charge in [-0.3, -0.25) is 9.52 Å². The quantitative estimate of drug-likeness (QED) is 0.779. The Morgan fingerprint density at radius 2 is 2.04 bits per heavy atom. The second-order valence-electron chi connectivity index (χ2n) is 4.75. The van der Waals surface area contributed by atoms with Crippen molar-refractivity contribution >= 4 is 49.7 Å². The number of nitrogens with zero attached hydrogens (tertiary/aromatic N) is 2. The number of benzene rings is 1. The van der Waals surface area contributed by atoms with Crippen LogP contribution in [-0.2, 0) is 14.8 Å². The molecule has 0 aliphatic carbocycles. The molecule has 0 spiro atoms. The summed E-state index contributed by atoms with van der Waals surface area (Å²) in [5.41, 5.74) is 0.0827. The van der Waals surface area contributed by atoms with E-state index in [-0.39, 0.29) is 32.0 Å². The Labute approximate surface area is 140 Å². The molecule has 1 aromatic heterocycles. The smallest absolute Gasteiger partial charge is 0.291 e. The van der Waals surface area contributed by atoms with Gasteiger partial charge >= 0.3 is 0 Å². The lowest BCUT2D eigenvalue weighted by Gasteiger charge is -2.05. The minimum absolute atomic E-state index is 0.0706. The topological polar surface area (TPSA) is 101 Å². The molecular weight excluding hydrogens is 367 g/mol. The first-order valence-electron chi connectivity index (χ1n) is 6.31. The molecule has 0 atom stereocenters. The summed E-state index contributed by atoms with van der Waals surface area (Å²) in [5.74, 6) is -1.24. The lowest BCUT2D eigenvalue weighted by atomic mass is 10.2. The Balaban J connectivity index is 2.18. The van der Waals surface area contributed by atoms with Crippen LogP contribution in [0.4, 0.5) is 15.2 Å². The second-order valence-corrected chi connectivity index (χ2v) is 7.99. The van der Waals surface area contributed by atoms with Crippen molar-refractivity contribution < 1.29 is 17.6 Å². The number of nitrogens with one attached hydrogen (secondary N) is 2. The monoisotopic (exact) mass is 378 g/mol. The summed E-state index contributed by atoms with van der Waals surface area (Å²) >= 11 is 6.30. The Kier molecular flexibility index (Phi) is 5.17. The molecule has 1 aromatic carbocycles. The number of carbonyl (C=O) groups excluding carboxylic acids is 1. The maximum atomic E-state index is 13.1. The van der Waals surface area contributed by atoms with Crippen molar-refractivity contribution in [3.05, 3.63) is 29.0 Å². The van der Waals surface area contributed by atoms with E-state index in [4.69, 9.17) is 11.6 Å². The van der Waals surface area contributed by atoms with E-state index in [0.29, 0.717) is 11.3 Å². The number of hydrogen-bond donors (Lipinski definition) is 2. The minimum atomic E-state index is -4.02. The Bertz CT molecular complexity index is 839. The first kappa shape index (κ1) is 17.6. The predicted molar refractivity (Wildman–Crippen MR) is 85.6 cm³/mol. The average molecular weight is 379 g/mol. The zero-order chi connectivity index (χ0) is 17.2. The van der Waals surface area contributed by atoms with E-state index in [9.17, 15) is 17.6 Å². The average Bonchev–Trinajstić information content (AvgIpc) is 2.92. The number of aromatic nitrogens is 2. The lowest BCUT2D eigenvalue weighted by Crippen LogP contribution is -2.17. The van der Waals surface area contributed by atoms with Crippen LogP contribution >= 0.6 is 22.9 Å². The van der Waals surface area contributed by atoms with Gasteiger partial charge in [0, 0.05) is 5.92 Å². The van der Waals surface area contributed by atoms with E-state index in [1.54, 1.807) is 13.8 Å². The van der Waals surface area contributed by atoms with Gasteiger partial charge in [0.1, 0.15) is 5.82 Å². The van der Waals surface area contributed by atoms with Crippen molar-refractivity contribution in [2.45, 2.75) is 18.2 Å². The van der Waals surface area contributed by atoms with E-state index >= 15 is 0 Å². The van der Waals surface area contributed by atoms with Gasteiger partial charge in [-0.25, -0.2) is 4.39 Å². The van der Waals surface area contributed by atoms with Crippen LogP contribution in [0.3, 0.4) is 0 Å². The van der Waals surface area contributed by atoms with E-state index in [2.05, 4.69) is 20.2 Å². The van der Waals surface area contributed by atoms with E-state index in [1.165, 1.54) is 6.07 Å². The molecule has 23 heavy (non-hydrogen) atoms. The standard InChI is InChI=1S/C12H12ClFN4O3S2/c1-6(2)10(19)15-11-16-17-12(22-11)23(20,21)18-7-3-4-9(14)8(13)5-7/h3-6,18H,1-2H3,(H,15,16,19). The van der Waals surface area contributed by atoms with E-state index in [1.807, 2.05) is 0 Å². The summed E-state index contributed by atoms with van der Waals surface area (Å²) in [6.45, 7) is 3.38. The molecule has 0 aliphatic heterocycles. The molecule has 0 bridgehead atoms. The fourth-order valence-electron chi connectivity index (χ4n) is 1.38. The molecule has 1 heterocycles. The first-order valence-corrected chi connectivity index (χ1v) is 8.99. The highest BCUT2D eigenvalue weighted by molar-refractivity contribution is 7.94. The first-order chi connectivity index (χ1) is 10.7. The molecule has 0 saturated carbocycles. The number of halogens is 2. The highest BCUT2D eigenvalue weighted by Crippen LogP contribution is 2.25. The van der Waals surface area contributed by atoms with Gasteiger partial charge in [-0.1, -0.05) is 36.8 Å². The zero-order valence-corrected chi connectivity index (χ0v) is 14.4. The Morgan fingerprint density at radius 1 is 1.35 bits per heavy atom. The molecule has 11 heteroatoms. The number of amides is 1. The predicted octanol–water partition coefficient (Wildman–Crippen LogP) is 2.73. The third-order valence-electron chi connectivity index (χ3n) is 2.56. The van der Waals surface area contributed by atoms with E-state index < -0.39 is 15.8 Å². The summed E-state index contributed by atoms with van der Waals surface area (Å²) in [6, 6.07) is 3.40. The van der Waals surface area contributed by atoms with Gasteiger partial charge in [0.15, 0.2) is 0 Å². The SMILES string of the molecule is CC(C)C(=O)Nc1nnc(S(=O)(=O)Nc2ccc(F)c(Cl)c2)s1. The van der Waals surface area contributed by atoms with Gasteiger partial charge in [0.2, 0.25) is 11.0 Å². The van der Waals surface area contributed by atoms with Gasteiger partial charge in [0.25, 0.3) is 14.4 Å². The van der Waals surface area contributed by atoms with Crippen molar-refractivity contribution in [1.29, 1.82) is 0 Å². The van der Waals surface area contributed by atoms with Gasteiger partial charge in [-0.05, 0) is 18.2 Å². The summed E-state index contributed by atoms with van der Waals surface area (Å²) < 4.78 is 39.3. The van der Waals surface area contributed by atoms with Crippen LogP contribution in [0.15, 0.2) is 22.5 Å². The van der Waals surface area contributed by atoms with Gasteiger partial charge < -0.3 is 5.32 Å². The fraction of sp³-hybridized carbons (Fsp3) is 0.250. The summed E-state index contributed by atoms with van der Waals surface area (Å²) in [5, 5.41) is 9.45. The molecule has 2 aromatic rings. The van der Waals surface area contributed by atoms with Crippen LogP contribution in [0, 0.1) is 11.7 Å². The highest BCUT2D eigenvalue weighted by Gasteiger charge is 2.22. The fourth-order valence-corrected chi connectivity index (χ4v) is 3.51. The molecule has 2 N–H and O–H groups in total. The molecule has 124 valence electrons. The van der Waals surface area contributed by atoms with Gasteiger partial charge in [-0.15, -0.1) is 10.2 Å². The van der Waals surface area contributed by atoms with Crippen LogP contribution in [0.5, 0.6) is 0 Å². The number of sulfonamides is 1. The van der Waals surface area contributed by atoms with Crippen molar-refractivity contribution in [3.63, 3.8) is 0 Å². The van der Waals surface area contributed by atoms with Crippen LogP contribution in [-0.4, -0.2) is 24.5 Å². The lowest BCUT2D eigenvalue weighted by molar-refractivity contribution is -0.118. The molecule has 0 radical (unpaired) electrons. The molecule has 0 fully saturated rings. The normalized spacial score (nSPS) is 11.5. The van der Waals surface area contributed by atoms with Crippen LogP contribution < -0.4 is 10.0 Å². The Morgan fingerprint density at radius 3 is 2.65 bits per heavy atom. The second kappa shape index (κ2) is 6.77. The highest BCUT2D eigenvalue weighted by atomic mass is 35.5. The number of hydrogen-bond acceptors (Lipinski definition) is 6. The Hall–Kier alpha value is -1.78. The summed E-state index contributed by atoms with van der Waals surface area (Å²) in [4.78, 5) is 11.5. The molecular formula is C12H12ClFN4O3S2. The number of anilines is 2. The van der Waals surface area contributed by atoms with E-state index in [0.717, 1.165) is 12.1 Å². The van der Waals surface area contributed by atoms with Crippen molar-refractivity contribution in [2.24, 2.45) is 5.92 Å². The van der Waals surface area contributed by atoms with Crippen LogP contribution in [0.25, 0.3) is 0 Å². The van der Waals surface area contributed by atoms with Gasteiger partial charge in [-0.2, -0.15) is 8.42 Å². The van der Waals surface area contributed by atoms with Crippen LogP contribution in [0.1, 0.15) is 13.8 Å². The van der Waals surface area contributed by atoms with Gasteiger partial charge in [0.05, 0.1) is 10.7 Å². The molecule has 1 amide bonds. The molecule has 2 rings (SSSR count). The zero-order valence-electron chi connectivity index (χ0n) is 12.0. The van der Waals surface area contributed by atoms with Crippen molar-refractivity contribution in [2.75, 3.05) is 10.0 Å². The summed E-state index contributed by atoms with van der Waals surface area (Å²) in [7, 11) is -4.02. The van der Waals surface area contributed by atoms with Crippen molar-refractivity contribution in [3.8, 4) is 0 Å². The third-order valence-corrected chi connectivity index (χ3v) is 5.44. The molecule has 0 aliphatic rings. The van der Waals surface area contributed by atoms with Crippen LogP contribution in [0.2, 0.25) is 5.02 Å². The molecule has 0 unspecified atom stereocenters. The van der Waals surface area contributed by atoms with Crippen molar-refractivity contribution in [1.82, 2.24) is 10.2 Å². The summed E-state index contributed by atoms with van der Waals surface area (Å²) in [6.07, 6.45) is 0. The number of carbonyl (C=O) groups is 1. The minimum Gasteiger partial charge on any atom is -0.300 e. The maximum absolute atomic E-state index is 13.1. The third kappa shape index (κ3) is 4.36. The maximum Gasteiger partial charge on any atom is 0.291 e. The largest absolute Gasteiger partial charge is 0.300 e. The molecule has 0 saturated heterocycles.